The normalized spacial score (nSPS) is 10.1. The van der Waals surface area contributed by atoms with Crippen molar-refractivity contribution >= 4 is 17.5 Å². The molecule has 0 aliphatic heterocycles. The summed E-state index contributed by atoms with van der Waals surface area (Å²) in [6, 6.07) is 12.8. The molecule has 0 spiro atoms. The average Bonchev–Trinajstić information content (AvgIpc) is 2.83. The number of anilines is 2. The number of carbonyl (C=O) groups excluding carboxylic acids is 1. The standard InChI is InChI=1S/C16H16N6O/c1-11(2)22(12-6-4-3-5-7-12)15(23)10-21-14(9-18)13(8-17)20-16(21)19/h3-7,11H,10H2,1-2H3,(H2,19,20). The summed E-state index contributed by atoms with van der Waals surface area (Å²) in [5.74, 6) is -0.264. The van der Waals surface area contributed by atoms with Crippen LogP contribution in [0.4, 0.5) is 11.6 Å². The number of para-hydroxylation sites is 1. The second-order valence-corrected chi connectivity index (χ2v) is 5.17. The van der Waals surface area contributed by atoms with E-state index in [1.165, 1.54) is 4.57 Å². The summed E-state index contributed by atoms with van der Waals surface area (Å²) < 4.78 is 1.26. The Morgan fingerprint density at radius 1 is 1.30 bits per heavy atom. The van der Waals surface area contributed by atoms with Gasteiger partial charge in [-0.3, -0.25) is 9.36 Å². The lowest BCUT2D eigenvalue weighted by Crippen LogP contribution is -2.39. The van der Waals surface area contributed by atoms with Crippen molar-refractivity contribution in [2.45, 2.75) is 26.4 Å². The minimum Gasteiger partial charge on any atom is -0.369 e. The van der Waals surface area contributed by atoms with E-state index in [1.54, 1.807) is 11.0 Å². The first-order valence-electron chi connectivity index (χ1n) is 7.03. The van der Waals surface area contributed by atoms with E-state index in [0.717, 1.165) is 5.69 Å². The molecule has 0 fully saturated rings. The van der Waals surface area contributed by atoms with Crippen LogP contribution in [-0.4, -0.2) is 21.5 Å². The SMILES string of the molecule is CC(C)N(C(=O)Cn1c(N)nc(C#N)c1C#N)c1ccccc1. The fraction of sp³-hybridized carbons (Fsp3) is 0.250. The van der Waals surface area contributed by atoms with E-state index in [-0.39, 0.29) is 35.8 Å². The Balaban J connectivity index is 2.36. The van der Waals surface area contributed by atoms with Gasteiger partial charge in [0.2, 0.25) is 11.9 Å². The summed E-state index contributed by atoms with van der Waals surface area (Å²) in [6.45, 7) is 3.64. The number of imidazole rings is 1. The molecule has 2 aromatic rings. The van der Waals surface area contributed by atoms with Gasteiger partial charge in [0, 0.05) is 11.7 Å². The minimum atomic E-state index is -0.240. The summed E-state index contributed by atoms with van der Waals surface area (Å²) in [6.07, 6.45) is 0. The van der Waals surface area contributed by atoms with E-state index in [1.807, 2.05) is 50.2 Å². The van der Waals surface area contributed by atoms with Crippen molar-refractivity contribution < 1.29 is 4.79 Å². The third-order valence-corrected chi connectivity index (χ3v) is 3.32. The monoisotopic (exact) mass is 308 g/mol. The van der Waals surface area contributed by atoms with Crippen LogP contribution >= 0.6 is 0 Å². The first kappa shape index (κ1) is 16.1. The number of nitrogen functional groups attached to an aromatic ring is 1. The quantitative estimate of drug-likeness (QED) is 0.923. The van der Waals surface area contributed by atoms with Crippen molar-refractivity contribution in [1.82, 2.24) is 9.55 Å². The molecule has 0 unspecified atom stereocenters. The first-order valence-corrected chi connectivity index (χ1v) is 7.03. The van der Waals surface area contributed by atoms with Crippen LogP contribution in [0.15, 0.2) is 30.3 Å². The molecule has 0 aliphatic rings. The number of nitrogens with zero attached hydrogens (tertiary/aromatic N) is 5. The Labute approximate surface area is 134 Å². The Hall–Kier alpha value is -3.32. The van der Waals surface area contributed by atoms with Crippen molar-refractivity contribution in [2.24, 2.45) is 0 Å². The zero-order valence-electron chi connectivity index (χ0n) is 12.9. The predicted molar refractivity (Wildman–Crippen MR) is 85.1 cm³/mol. The van der Waals surface area contributed by atoms with Gasteiger partial charge in [0.25, 0.3) is 0 Å². The van der Waals surface area contributed by atoms with Crippen molar-refractivity contribution in [3.05, 3.63) is 41.7 Å². The Bertz CT molecular complexity index is 794. The maximum absolute atomic E-state index is 12.7. The van der Waals surface area contributed by atoms with Gasteiger partial charge in [0.05, 0.1) is 0 Å². The lowest BCUT2D eigenvalue weighted by molar-refractivity contribution is -0.119. The summed E-state index contributed by atoms with van der Waals surface area (Å²) in [5.41, 5.74) is 6.41. The van der Waals surface area contributed by atoms with E-state index in [2.05, 4.69) is 4.98 Å². The third-order valence-electron chi connectivity index (χ3n) is 3.32. The van der Waals surface area contributed by atoms with Crippen molar-refractivity contribution in [1.29, 1.82) is 10.5 Å². The second kappa shape index (κ2) is 6.63. The molecular weight excluding hydrogens is 292 g/mol. The third kappa shape index (κ3) is 3.14. The fourth-order valence-electron chi connectivity index (χ4n) is 2.35. The number of amides is 1. The summed E-state index contributed by atoms with van der Waals surface area (Å²) in [7, 11) is 0. The molecule has 0 aliphatic carbocycles. The fourth-order valence-corrected chi connectivity index (χ4v) is 2.35. The number of carbonyl (C=O) groups is 1. The molecule has 7 heteroatoms. The highest BCUT2D eigenvalue weighted by Crippen LogP contribution is 2.19. The largest absolute Gasteiger partial charge is 0.369 e. The zero-order valence-corrected chi connectivity index (χ0v) is 12.9. The highest BCUT2D eigenvalue weighted by Gasteiger charge is 2.23. The van der Waals surface area contributed by atoms with Gasteiger partial charge in [-0.15, -0.1) is 0 Å². The Morgan fingerprint density at radius 2 is 1.96 bits per heavy atom. The molecule has 0 bridgehead atoms. The molecule has 0 saturated heterocycles. The topological polar surface area (TPSA) is 112 Å². The van der Waals surface area contributed by atoms with Crippen LogP contribution in [0.3, 0.4) is 0 Å². The summed E-state index contributed by atoms with van der Waals surface area (Å²) in [5, 5.41) is 18.1. The number of hydrogen-bond acceptors (Lipinski definition) is 5. The van der Waals surface area contributed by atoms with E-state index in [0.29, 0.717) is 0 Å². The van der Waals surface area contributed by atoms with Gasteiger partial charge in [-0.1, -0.05) is 18.2 Å². The molecule has 7 nitrogen and oxygen atoms in total. The number of nitriles is 2. The Morgan fingerprint density at radius 3 is 2.48 bits per heavy atom. The maximum atomic E-state index is 12.7. The van der Waals surface area contributed by atoms with Crippen LogP contribution in [0.2, 0.25) is 0 Å². The molecule has 2 rings (SSSR count). The molecule has 1 amide bonds. The number of rotatable bonds is 4. The molecule has 0 radical (unpaired) electrons. The molecule has 1 aromatic carbocycles. The van der Waals surface area contributed by atoms with Gasteiger partial charge in [-0.25, -0.2) is 4.98 Å². The second-order valence-electron chi connectivity index (χ2n) is 5.17. The number of benzene rings is 1. The highest BCUT2D eigenvalue weighted by atomic mass is 16.2. The summed E-state index contributed by atoms with van der Waals surface area (Å²) >= 11 is 0. The molecule has 116 valence electrons. The molecule has 1 heterocycles. The highest BCUT2D eigenvalue weighted by molar-refractivity contribution is 5.94. The van der Waals surface area contributed by atoms with E-state index < -0.39 is 0 Å². The molecule has 1 aromatic heterocycles. The van der Waals surface area contributed by atoms with E-state index >= 15 is 0 Å². The van der Waals surface area contributed by atoms with Crippen LogP contribution in [0.5, 0.6) is 0 Å². The number of nitrogens with two attached hydrogens (primary N) is 1. The summed E-state index contributed by atoms with van der Waals surface area (Å²) in [4.78, 5) is 18.1. The van der Waals surface area contributed by atoms with E-state index in [4.69, 9.17) is 11.0 Å². The minimum absolute atomic E-state index is 0.00452. The van der Waals surface area contributed by atoms with Gasteiger partial charge >= 0.3 is 0 Å². The first-order chi connectivity index (χ1) is 11.0. The molecule has 2 N–H and O–H groups in total. The lowest BCUT2D eigenvalue weighted by atomic mass is 10.2. The van der Waals surface area contributed by atoms with Crippen LogP contribution in [-0.2, 0) is 11.3 Å². The van der Waals surface area contributed by atoms with Crippen LogP contribution in [0.25, 0.3) is 0 Å². The average molecular weight is 308 g/mol. The van der Waals surface area contributed by atoms with Crippen LogP contribution < -0.4 is 10.6 Å². The van der Waals surface area contributed by atoms with Crippen LogP contribution in [0, 0.1) is 22.7 Å². The molecule has 23 heavy (non-hydrogen) atoms. The van der Waals surface area contributed by atoms with Gasteiger partial charge in [0.15, 0.2) is 11.4 Å². The zero-order chi connectivity index (χ0) is 17.0. The lowest BCUT2D eigenvalue weighted by Gasteiger charge is -2.27. The Kier molecular flexibility index (Phi) is 4.63. The molecular formula is C16H16N6O. The van der Waals surface area contributed by atoms with Crippen molar-refractivity contribution in [3.8, 4) is 12.1 Å². The van der Waals surface area contributed by atoms with Gasteiger partial charge in [-0.2, -0.15) is 10.5 Å². The molecule has 0 atom stereocenters. The van der Waals surface area contributed by atoms with Crippen molar-refractivity contribution in [2.75, 3.05) is 10.6 Å². The van der Waals surface area contributed by atoms with E-state index in [9.17, 15) is 10.1 Å². The number of aromatic nitrogens is 2. The predicted octanol–water partition coefficient (Wildman–Crippen LogP) is 1.65. The smallest absolute Gasteiger partial charge is 0.247 e. The number of hydrogen-bond donors (Lipinski definition) is 1. The van der Waals surface area contributed by atoms with Gasteiger partial charge in [-0.05, 0) is 26.0 Å². The van der Waals surface area contributed by atoms with Gasteiger partial charge in [0.1, 0.15) is 18.7 Å². The maximum Gasteiger partial charge on any atom is 0.247 e. The molecule has 0 saturated carbocycles. The van der Waals surface area contributed by atoms with Gasteiger partial charge < -0.3 is 10.6 Å². The van der Waals surface area contributed by atoms with Crippen molar-refractivity contribution in [3.63, 3.8) is 0 Å². The van der Waals surface area contributed by atoms with Crippen LogP contribution in [0.1, 0.15) is 25.2 Å².